The third-order valence-electron chi connectivity index (χ3n) is 5.74. The number of nitrogens with zero attached hydrogens (tertiary/aromatic N) is 1. The lowest BCUT2D eigenvalue weighted by atomic mass is 10.1. The van der Waals surface area contributed by atoms with Crippen molar-refractivity contribution in [1.82, 2.24) is 5.32 Å². The molecular weight excluding hydrogens is 536 g/mol. The average Bonchev–Trinajstić information content (AvgIpc) is 2.85. The Morgan fingerprint density at radius 2 is 1.71 bits per heavy atom. The smallest absolute Gasteiger partial charge is 0.335 e. The van der Waals surface area contributed by atoms with Crippen LogP contribution in [0.2, 0.25) is 10.0 Å². The molecule has 3 aromatic rings. The van der Waals surface area contributed by atoms with Crippen LogP contribution in [0.25, 0.3) is 6.08 Å². The van der Waals surface area contributed by atoms with E-state index in [9.17, 15) is 23.6 Å². The standard InChI is InChI=1S/C27H20Cl2FN3O5/c1-14-4-3-5-22(15(14)2)31-23(34)13-38-24-20(28)11-16(12-21(24)29)10-19-25(35)32-27(37)33(26(19)36)18-8-6-17(30)7-9-18/h3-12H,13H2,1-2H3,(H,31,34)(H,32,35,37)/b19-10+. The molecule has 0 radical (unpaired) electrons. The van der Waals surface area contributed by atoms with Crippen molar-refractivity contribution in [3.8, 4) is 5.75 Å². The Bertz CT molecular complexity index is 1480. The number of carbonyl (C=O) groups is 4. The summed E-state index contributed by atoms with van der Waals surface area (Å²) in [4.78, 5) is 50.8. The van der Waals surface area contributed by atoms with Crippen LogP contribution in [-0.2, 0) is 14.4 Å². The molecule has 0 aliphatic carbocycles. The highest BCUT2D eigenvalue weighted by atomic mass is 35.5. The largest absolute Gasteiger partial charge is 0.481 e. The van der Waals surface area contributed by atoms with Crippen molar-refractivity contribution in [2.75, 3.05) is 16.8 Å². The summed E-state index contributed by atoms with van der Waals surface area (Å²) in [6.07, 6.45) is 1.20. The molecule has 0 atom stereocenters. The Kier molecular flexibility index (Phi) is 7.80. The number of nitrogens with one attached hydrogen (secondary N) is 2. The van der Waals surface area contributed by atoms with Gasteiger partial charge in [0.2, 0.25) is 0 Å². The van der Waals surface area contributed by atoms with Crippen molar-refractivity contribution in [2.24, 2.45) is 0 Å². The lowest BCUT2D eigenvalue weighted by molar-refractivity contribution is -0.122. The van der Waals surface area contributed by atoms with Gasteiger partial charge in [-0.2, -0.15) is 0 Å². The van der Waals surface area contributed by atoms with E-state index in [0.717, 1.165) is 23.3 Å². The number of barbiturate groups is 1. The Labute approximate surface area is 227 Å². The fraction of sp³-hybridized carbons (Fsp3) is 0.111. The first-order valence-corrected chi connectivity index (χ1v) is 12.0. The van der Waals surface area contributed by atoms with Crippen molar-refractivity contribution in [2.45, 2.75) is 13.8 Å². The van der Waals surface area contributed by atoms with Crippen LogP contribution in [0.15, 0.2) is 60.2 Å². The van der Waals surface area contributed by atoms with E-state index in [1.165, 1.54) is 30.3 Å². The molecular formula is C27H20Cl2FN3O5. The van der Waals surface area contributed by atoms with Gasteiger partial charge in [-0.05, 0) is 79.1 Å². The van der Waals surface area contributed by atoms with Gasteiger partial charge in [0.15, 0.2) is 12.4 Å². The molecule has 1 heterocycles. The van der Waals surface area contributed by atoms with Crippen LogP contribution in [0.5, 0.6) is 5.75 Å². The summed E-state index contributed by atoms with van der Waals surface area (Å²) >= 11 is 12.6. The van der Waals surface area contributed by atoms with Gasteiger partial charge in [-0.25, -0.2) is 14.1 Å². The molecule has 1 fully saturated rings. The molecule has 194 valence electrons. The molecule has 1 aliphatic rings. The molecule has 38 heavy (non-hydrogen) atoms. The lowest BCUT2D eigenvalue weighted by Crippen LogP contribution is -2.54. The monoisotopic (exact) mass is 555 g/mol. The third kappa shape index (κ3) is 5.69. The van der Waals surface area contributed by atoms with Gasteiger partial charge in [-0.1, -0.05) is 35.3 Å². The quantitative estimate of drug-likeness (QED) is 0.311. The predicted molar refractivity (Wildman–Crippen MR) is 142 cm³/mol. The van der Waals surface area contributed by atoms with E-state index >= 15 is 0 Å². The maximum atomic E-state index is 13.3. The zero-order valence-electron chi connectivity index (χ0n) is 20.1. The molecule has 8 nitrogen and oxygen atoms in total. The Morgan fingerprint density at radius 1 is 1.05 bits per heavy atom. The van der Waals surface area contributed by atoms with E-state index in [2.05, 4.69) is 10.6 Å². The summed E-state index contributed by atoms with van der Waals surface area (Å²) in [7, 11) is 0. The van der Waals surface area contributed by atoms with Crippen LogP contribution in [-0.4, -0.2) is 30.4 Å². The van der Waals surface area contributed by atoms with Gasteiger partial charge >= 0.3 is 6.03 Å². The maximum Gasteiger partial charge on any atom is 0.335 e. The van der Waals surface area contributed by atoms with E-state index in [0.29, 0.717) is 10.6 Å². The highest BCUT2D eigenvalue weighted by Crippen LogP contribution is 2.35. The molecule has 0 saturated carbocycles. The van der Waals surface area contributed by atoms with Gasteiger partial charge in [-0.15, -0.1) is 0 Å². The molecule has 3 aromatic carbocycles. The minimum atomic E-state index is -0.970. The first kappa shape index (κ1) is 26.8. The predicted octanol–water partition coefficient (Wildman–Crippen LogP) is 5.43. The van der Waals surface area contributed by atoms with Gasteiger partial charge in [0.05, 0.1) is 15.7 Å². The van der Waals surface area contributed by atoms with Crippen LogP contribution in [0.4, 0.5) is 20.6 Å². The molecule has 4 rings (SSSR count). The number of imide groups is 2. The van der Waals surface area contributed by atoms with Crippen molar-refractivity contribution in [3.63, 3.8) is 0 Å². The van der Waals surface area contributed by atoms with Gasteiger partial charge in [0.1, 0.15) is 11.4 Å². The molecule has 0 aromatic heterocycles. The van der Waals surface area contributed by atoms with E-state index in [4.69, 9.17) is 27.9 Å². The Morgan fingerprint density at radius 3 is 2.37 bits per heavy atom. The minimum absolute atomic E-state index is 0.0269. The number of amides is 5. The summed E-state index contributed by atoms with van der Waals surface area (Å²) in [6.45, 7) is 3.45. The molecule has 0 unspecified atom stereocenters. The number of rotatable bonds is 6. The fourth-order valence-electron chi connectivity index (χ4n) is 3.66. The first-order chi connectivity index (χ1) is 18.0. The van der Waals surface area contributed by atoms with Gasteiger partial charge in [0.25, 0.3) is 17.7 Å². The van der Waals surface area contributed by atoms with Crippen LogP contribution in [0.1, 0.15) is 16.7 Å². The van der Waals surface area contributed by atoms with Crippen LogP contribution in [0.3, 0.4) is 0 Å². The first-order valence-electron chi connectivity index (χ1n) is 11.2. The summed E-state index contributed by atoms with van der Waals surface area (Å²) in [5.41, 5.74) is 2.57. The van der Waals surface area contributed by atoms with E-state index < -0.39 is 29.6 Å². The van der Waals surface area contributed by atoms with Crippen LogP contribution in [0, 0.1) is 19.7 Å². The Balaban J connectivity index is 1.52. The van der Waals surface area contributed by atoms with Gasteiger partial charge in [0, 0.05) is 5.69 Å². The summed E-state index contributed by atoms with van der Waals surface area (Å²) in [5.74, 6) is -2.78. The molecule has 2 N–H and O–H groups in total. The second-order valence-electron chi connectivity index (χ2n) is 8.33. The Hall–Kier alpha value is -4.21. The number of ether oxygens (including phenoxy) is 1. The number of anilines is 2. The van der Waals surface area contributed by atoms with E-state index in [1.807, 2.05) is 26.0 Å². The highest BCUT2D eigenvalue weighted by molar-refractivity contribution is 6.40. The zero-order chi connectivity index (χ0) is 27.6. The molecule has 5 amide bonds. The SMILES string of the molecule is Cc1cccc(NC(=O)COc2c(Cl)cc(/C=C3\C(=O)NC(=O)N(c4ccc(F)cc4)C3=O)cc2Cl)c1C. The van der Waals surface area contributed by atoms with Crippen molar-refractivity contribution in [1.29, 1.82) is 0 Å². The number of hydrogen-bond donors (Lipinski definition) is 2. The zero-order valence-corrected chi connectivity index (χ0v) is 21.6. The molecule has 11 heteroatoms. The van der Waals surface area contributed by atoms with Gasteiger partial charge < -0.3 is 10.1 Å². The second kappa shape index (κ2) is 11.0. The van der Waals surface area contributed by atoms with Crippen molar-refractivity contribution in [3.05, 3.63) is 92.7 Å². The highest BCUT2D eigenvalue weighted by Gasteiger charge is 2.36. The summed E-state index contributed by atoms with van der Waals surface area (Å²) in [5, 5.41) is 4.89. The van der Waals surface area contributed by atoms with Crippen molar-refractivity contribution >= 4 is 64.4 Å². The molecule has 1 saturated heterocycles. The number of benzene rings is 3. The van der Waals surface area contributed by atoms with Gasteiger partial charge in [-0.3, -0.25) is 19.7 Å². The number of aryl methyl sites for hydroxylation is 1. The number of urea groups is 1. The summed E-state index contributed by atoms with van der Waals surface area (Å²) in [6, 6.07) is 12.0. The fourth-order valence-corrected chi connectivity index (χ4v) is 4.27. The molecule has 0 bridgehead atoms. The lowest BCUT2D eigenvalue weighted by Gasteiger charge is -2.26. The number of hydrogen-bond acceptors (Lipinski definition) is 5. The second-order valence-corrected chi connectivity index (χ2v) is 9.15. The van der Waals surface area contributed by atoms with Crippen molar-refractivity contribution < 1.29 is 28.3 Å². The summed E-state index contributed by atoms with van der Waals surface area (Å²) < 4.78 is 18.8. The molecule has 0 spiro atoms. The third-order valence-corrected chi connectivity index (χ3v) is 6.31. The number of carbonyl (C=O) groups excluding carboxylic acids is 4. The number of halogens is 3. The normalized spacial score (nSPS) is 14.5. The topological polar surface area (TPSA) is 105 Å². The minimum Gasteiger partial charge on any atom is -0.481 e. The van der Waals surface area contributed by atoms with E-state index in [1.54, 1.807) is 6.07 Å². The van der Waals surface area contributed by atoms with E-state index in [-0.39, 0.29) is 39.2 Å². The maximum absolute atomic E-state index is 13.3. The average molecular weight is 556 g/mol. The van der Waals surface area contributed by atoms with Crippen LogP contribution >= 0.6 is 23.2 Å². The van der Waals surface area contributed by atoms with Crippen LogP contribution < -0.4 is 20.3 Å². The molecule has 1 aliphatic heterocycles.